The molecule has 4 nitrogen and oxygen atoms in total. The van der Waals surface area contributed by atoms with Crippen molar-refractivity contribution in [2.75, 3.05) is 6.54 Å². The van der Waals surface area contributed by atoms with Gasteiger partial charge in [-0.05, 0) is 48.8 Å². The van der Waals surface area contributed by atoms with Crippen molar-refractivity contribution in [1.82, 2.24) is 5.32 Å². The highest BCUT2D eigenvalue weighted by Gasteiger charge is 2.50. The molecule has 0 bridgehead atoms. The molecule has 0 spiro atoms. The van der Waals surface area contributed by atoms with Gasteiger partial charge in [0.05, 0.1) is 11.8 Å². The Bertz CT molecular complexity index is 561. The summed E-state index contributed by atoms with van der Waals surface area (Å²) in [6.07, 6.45) is 5.12. The molecule has 0 aromatic heterocycles. The van der Waals surface area contributed by atoms with E-state index in [9.17, 15) is 9.59 Å². The van der Waals surface area contributed by atoms with E-state index in [-0.39, 0.29) is 12.5 Å². The van der Waals surface area contributed by atoms with E-state index in [4.69, 9.17) is 5.11 Å². The van der Waals surface area contributed by atoms with E-state index in [2.05, 4.69) is 17.4 Å². The molecule has 0 radical (unpaired) electrons. The average Bonchev–Trinajstić information content (AvgIpc) is 3.08. The second-order valence-corrected chi connectivity index (χ2v) is 6.00. The summed E-state index contributed by atoms with van der Waals surface area (Å²) in [5, 5.41) is 11.8. The lowest BCUT2D eigenvalue weighted by Gasteiger charge is -2.11. The molecule has 0 unspecified atom stereocenters. The first kappa shape index (κ1) is 13.2. The van der Waals surface area contributed by atoms with Crippen molar-refractivity contribution >= 4 is 11.9 Å². The number of amides is 1. The maximum atomic E-state index is 11.9. The van der Waals surface area contributed by atoms with Crippen molar-refractivity contribution in [3.8, 4) is 0 Å². The van der Waals surface area contributed by atoms with E-state index in [1.165, 1.54) is 17.5 Å². The number of fused-ring (bicyclic) bond motifs is 1. The second kappa shape index (κ2) is 4.93. The summed E-state index contributed by atoms with van der Waals surface area (Å²) in [6, 6.07) is 6.24. The molecule has 1 aromatic rings. The van der Waals surface area contributed by atoms with Crippen LogP contribution in [0, 0.1) is 5.41 Å². The molecule has 1 amide bonds. The number of carbonyl (C=O) groups excluding carboxylic acids is 1. The fraction of sp³-hybridized carbons (Fsp3) is 0.500. The Kier molecular flexibility index (Phi) is 3.24. The number of rotatable bonds is 5. The first-order chi connectivity index (χ1) is 9.59. The van der Waals surface area contributed by atoms with Gasteiger partial charge >= 0.3 is 5.97 Å². The van der Waals surface area contributed by atoms with Crippen LogP contribution in [0.3, 0.4) is 0 Å². The number of hydrogen-bond acceptors (Lipinski definition) is 2. The molecule has 2 N–H and O–H groups in total. The Morgan fingerprint density at radius 1 is 1.20 bits per heavy atom. The van der Waals surface area contributed by atoms with Crippen LogP contribution in [-0.4, -0.2) is 23.5 Å². The lowest BCUT2D eigenvalue weighted by Crippen LogP contribution is -2.35. The number of carbonyl (C=O) groups is 2. The average molecular weight is 273 g/mol. The van der Waals surface area contributed by atoms with E-state index >= 15 is 0 Å². The quantitative estimate of drug-likeness (QED) is 0.858. The van der Waals surface area contributed by atoms with Crippen LogP contribution < -0.4 is 5.32 Å². The highest BCUT2D eigenvalue weighted by molar-refractivity contribution is 5.82. The lowest BCUT2D eigenvalue weighted by molar-refractivity contribution is -0.143. The molecule has 1 fully saturated rings. The molecule has 0 saturated heterocycles. The van der Waals surface area contributed by atoms with Crippen LogP contribution in [0.1, 0.15) is 36.0 Å². The highest BCUT2D eigenvalue weighted by atomic mass is 16.4. The Balaban J connectivity index is 1.55. The number of carboxylic acids is 1. The summed E-state index contributed by atoms with van der Waals surface area (Å²) in [5.74, 6) is -0.884. The molecular weight excluding hydrogens is 254 g/mol. The van der Waals surface area contributed by atoms with E-state index in [1.807, 2.05) is 6.07 Å². The van der Waals surface area contributed by atoms with E-state index in [0.29, 0.717) is 19.3 Å². The molecular formula is C16H19NO3. The van der Waals surface area contributed by atoms with E-state index < -0.39 is 11.4 Å². The number of nitrogens with one attached hydrogen (secondary N) is 1. The zero-order chi connectivity index (χ0) is 14.2. The molecule has 0 aliphatic heterocycles. The molecule has 4 heteroatoms. The summed E-state index contributed by atoms with van der Waals surface area (Å²) in [7, 11) is 0. The number of benzene rings is 1. The highest BCUT2D eigenvalue weighted by Crippen LogP contribution is 2.45. The number of hydrogen-bond donors (Lipinski definition) is 2. The molecule has 3 rings (SSSR count). The number of aryl methyl sites for hydroxylation is 2. The fourth-order valence-corrected chi connectivity index (χ4v) is 2.87. The van der Waals surface area contributed by atoms with Crippen LogP contribution in [0.25, 0.3) is 0 Å². The maximum Gasteiger partial charge on any atom is 0.311 e. The van der Waals surface area contributed by atoms with Gasteiger partial charge in [-0.25, -0.2) is 0 Å². The van der Waals surface area contributed by atoms with Crippen LogP contribution in [0.2, 0.25) is 0 Å². The van der Waals surface area contributed by atoms with Crippen LogP contribution in [0.4, 0.5) is 0 Å². The summed E-state index contributed by atoms with van der Waals surface area (Å²) >= 11 is 0. The molecule has 0 atom stereocenters. The van der Waals surface area contributed by atoms with Crippen LogP contribution in [0.15, 0.2) is 18.2 Å². The standard InChI is InChI=1S/C16H19NO3/c18-14(17-10-16(6-7-16)15(19)20)9-11-4-5-12-2-1-3-13(12)8-11/h4-5,8H,1-3,6-7,9-10H2,(H,17,18)(H,19,20). The summed E-state index contributed by atoms with van der Waals surface area (Å²) < 4.78 is 0. The predicted octanol–water partition coefficient (Wildman–Crippen LogP) is 1.70. The largest absolute Gasteiger partial charge is 0.481 e. The van der Waals surface area contributed by atoms with E-state index in [0.717, 1.165) is 18.4 Å². The van der Waals surface area contributed by atoms with Gasteiger partial charge in [-0.1, -0.05) is 18.2 Å². The summed E-state index contributed by atoms with van der Waals surface area (Å²) in [4.78, 5) is 22.9. The van der Waals surface area contributed by atoms with Gasteiger partial charge in [0.25, 0.3) is 0 Å². The van der Waals surface area contributed by atoms with Gasteiger partial charge in [0.1, 0.15) is 0 Å². The van der Waals surface area contributed by atoms with Gasteiger partial charge in [-0.2, -0.15) is 0 Å². The Morgan fingerprint density at radius 2 is 1.95 bits per heavy atom. The van der Waals surface area contributed by atoms with Gasteiger partial charge in [-0.15, -0.1) is 0 Å². The lowest BCUT2D eigenvalue weighted by atomic mass is 10.0. The number of aliphatic carboxylic acids is 1. The minimum atomic E-state index is -0.796. The van der Waals surface area contributed by atoms with Gasteiger partial charge in [0.15, 0.2) is 0 Å². The van der Waals surface area contributed by atoms with Gasteiger partial charge in [-0.3, -0.25) is 9.59 Å². The molecule has 0 heterocycles. The van der Waals surface area contributed by atoms with Crippen LogP contribution in [-0.2, 0) is 28.9 Å². The number of carboxylic acid groups (broad SMARTS) is 1. The van der Waals surface area contributed by atoms with Crippen molar-refractivity contribution in [2.45, 2.75) is 38.5 Å². The van der Waals surface area contributed by atoms with Crippen molar-refractivity contribution in [3.05, 3.63) is 34.9 Å². The smallest absolute Gasteiger partial charge is 0.311 e. The zero-order valence-electron chi connectivity index (χ0n) is 11.4. The third-order valence-corrected chi connectivity index (χ3v) is 4.46. The second-order valence-electron chi connectivity index (χ2n) is 6.00. The van der Waals surface area contributed by atoms with Crippen molar-refractivity contribution in [1.29, 1.82) is 0 Å². The predicted molar refractivity (Wildman–Crippen MR) is 74.5 cm³/mol. The summed E-state index contributed by atoms with van der Waals surface area (Å²) in [5.41, 5.74) is 3.09. The zero-order valence-corrected chi connectivity index (χ0v) is 11.4. The molecule has 2 aliphatic rings. The van der Waals surface area contributed by atoms with E-state index in [1.54, 1.807) is 0 Å². The first-order valence-corrected chi connectivity index (χ1v) is 7.20. The first-order valence-electron chi connectivity index (χ1n) is 7.20. The SMILES string of the molecule is O=C(Cc1ccc2c(c1)CCC2)NCC1(C(=O)O)CC1. The Morgan fingerprint density at radius 3 is 2.65 bits per heavy atom. The molecule has 106 valence electrons. The van der Waals surface area contributed by atoms with Crippen molar-refractivity contribution < 1.29 is 14.7 Å². The molecule has 1 aromatic carbocycles. The minimum Gasteiger partial charge on any atom is -0.481 e. The van der Waals surface area contributed by atoms with Gasteiger partial charge in [0.2, 0.25) is 5.91 Å². The monoisotopic (exact) mass is 273 g/mol. The third kappa shape index (κ3) is 2.55. The van der Waals surface area contributed by atoms with Crippen molar-refractivity contribution in [3.63, 3.8) is 0 Å². The normalized spacial score (nSPS) is 18.4. The minimum absolute atomic E-state index is 0.0875. The third-order valence-electron chi connectivity index (χ3n) is 4.46. The fourth-order valence-electron chi connectivity index (χ4n) is 2.87. The summed E-state index contributed by atoms with van der Waals surface area (Å²) in [6.45, 7) is 0.256. The van der Waals surface area contributed by atoms with Gasteiger partial charge < -0.3 is 10.4 Å². The Labute approximate surface area is 118 Å². The van der Waals surface area contributed by atoms with Crippen LogP contribution >= 0.6 is 0 Å². The molecule has 1 saturated carbocycles. The van der Waals surface area contributed by atoms with Gasteiger partial charge in [0, 0.05) is 6.54 Å². The molecule has 20 heavy (non-hydrogen) atoms. The van der Waals surface area contributed by atoms with Crippen molar-refractivity contribution in [2.24, 2.45) is 5.41 Å². The maximum absolute atomic E-state index is 11.9. The molecule has 2 aliphatic carbocycles. The van der Waals surface area contributed by atoms with Crippen LogP contribution in [0.5, 0.6) is 0 Å². The topological polar surface area (TPSA) is 66.4 Å². The Hall–Kier alpha value is -1.84.